The van der Waals surface area contributed by atoms with E-state index in [9.17, 15) is 4.39 Å². The molecule has 1 fully saturated rings. The van der Waals surface area contributed by atoms with E-state index in [4.69, 9.17) is 0 Å². The van der Waals surface area contributed by atoms with Crippen LogP contribution in [-0.2, 0) is 0 Å². The quantitative estimate of drug-likeness (QED) is 0.595. The zero-order valence-electron chi connectivity index (χ0n) is 7.68. The lowest BCUT2D eigenvalue weighted by atomic mass is 9.94. The van der Waals surface area contributed by atoms with Crippen LogP contribution < -0.4 is 0 Å². The summed E-state index contributed by atoms with van der Waals surface area (Å²) in [5.74, 6) is 0.761. The topological polar surface area (TPSA) is 3.24 Å². The Morgan fingerprint density at radius 1 is 1.45 bits per heavy atom. The Balaban J connectivity index is 2.45. The van der Waals surface area contributed by atoms with E-state index in [1.54, 1.807) is 0 Å². The van der Waals surface area contributed by atoms with Gasteiger partial charge in [0.2, 0.25) is 0 Å². The average Bonchev–Trinajstić information content (AvgIpc) is 2.30. The molecule has 11 heavy (non-hydrogen) atoms. The van der Waals surface area contributed by atoms with Gasteiger partial charge in [0.15, 0.2) is 0 Å². The zero-order chi connectivity index (χ0) is 8.43. The van der Waals surface area contributed by atoms with Crippen LogP contribution in [0.4, 0.5) is 4.39 Å². The Hall–Kier alpha value is -0.110. The Kier molecular flexibility index (Phi) is 2.88. The summed E-state index contributed by atoms with van der Waals surface area (Å²) in [7, 11) is 0. The molecule has 66 valence electrons. The van der Waals surface area contributed by atoms with Gasteiger partial charge in [0.25, 0.3) is 0 Å². The molecule has 0 N–H and O–H groups in total. The van der Waals surface area contributed by atoms with Gasteiger partial charge in [-0.1, -0.05) is 20.8 Å². The van der Waals surface area contributed by atoms with E-state index in [2.05, 4.69) is 25.7 Å². The summed E-state index contributed by atoms with van der Waals surface area (Å²) in [5.41, 5.74) is 0. The van der Waals surface area contributed by atoms with Gasteiger partial charge in [-0.3, -0.25) is 0 Å². The van der Waals surface area contributed by atoms with Gasteiger partial charge in [0.05, 0.1) is 0 Å². The molecule has 2 heteroatoms. The molecule has 0 amide bonds. The summed E-state index contributed by atoms with van der Waals surface area (Å²) in [5, 5.41) is 0. The Morgan fingerprint density at radius 2 is 2.09 bits per heavy atom. The third-order valence-corrected chi connectivity index (χ3v) is 2.67. The Morgan fingerprint density at radius 3 is 2.36 bits per heavy atom. The van der Waals surface area contributed by atoms with E-state index >= 15 is 0 Å². The maximum atomic E-state index is 13.2. The van der Waals surface area contributed by atoms with Crippen LogP contribution in [0.2, 0.25) is 0 Å². The molecule has 0 radical (unpaired) electrons. The minimum Gasteiger partial charge on any atom is -0.300 e. The second-order valence-corrected chi connectivity index (χ2v) is 3.78. The molecule has 2 atom stereocenters. The van der Waals surface area contributed by atoms with Gasteiger partial charge in [-0.2, -0.15) is 0 Å². The van der Waals surface area contributed by atoms with Crippen molar-refractivity contribution in [2.45, 2.75) is 26.9 Å². The fourth-order valence-electron chi connectivity index (χ4n) is 1.76. The molecular weight excluding hydrogens is 141 g/mol. The van der Waals surface area contributed by atoms with Crippen LogP contribution in [0.15, 0.2) is 0 Å². The van der Waals surface area contributed by atoms with Gasteiger partial charge in [0.1, 0.15) is 6.17 Å². The van der Waals surface area contributed by atoms with Crippen LogP contribution in [0.1, 0.15) is 20.8 Å². The molecule has 0 aromatic carbocycles. The van der Waals surface area contributed by atoms with Crippen LogP contribution in [0.25, 0.3) is 0 Å². The molecule has 1 aliphatic heterocycles. The zero-order valence-corrected chi connectivity index (χ0v) is 7.68. The van der Waals surface area contributed by atoms with Crippen molar-refractivity contribution in [3.8, 4) is 0 Å². The smallest absolute Gasteiger partial charge is 0.117 e. The van der Waals surface area contributed by atoms with Gasteiger partial charge < -0.3 is 4.90 Å². The van der Waals surface area contributed by atoms with Gasteiger partial charge in [0, 0.05) is 19.0 Å². The molecule has 2 unspecified atom stereocenters. The highest BCUT2D eigenvalue weighted by molar-refractivity contribution is 4.84. The highest BCUT2D eigenvalue weighted by Gasteiger charge is 2.33. The number of likely N-dealkylation sites (tertiary alicyclic amines) is 1. The number of hydrogen-bond acceptors (Lipinski definition) is 1. The molecule has 0 saturated carbocycles. The molecule has 0 aromatic rings. The minimum absolute atomic E-state index is 0.273. The number of nitrogens with zero attached hydrogens (tertiary/aromatic N) is 1. The fraction of sp³-hybridized carbons (Fsp3) is 1.00. The van der Waals surface area contributed by atoms with Crippen molar-refractivity contribution in [1.29, 1.82) is 0 Å². The molecule has 0 aliphatic carbocycles. The summed E-state index contributed by atoms with van der Waals surface area (Å²) in [4.78, 5) is 2.19. The lowest BCUT2D eigenvalue weighted by Gasteiger charge is -2.16. The first-order valence-corrected chi connectivity index (χ1v) is 4.51. The van der Waals surface area contributed by atoms with Gasteiger partial charge in [-0.05, 0) is 12.5 Å². The summed E-state index contributed by atoms with van der Waals surface area (Å²) in [6.07, 6.45) is -0.588. The van der Waals surface area contributed by atoms with Crippen LogP contribution in [0.5, 0.6) is 0 Å². The molecule has 0 spiro atoms. The van der Waals surface area contributed by atoms with E-state index in [0.29, 0.717) is 12.5 Å². The molecule has 1 aliphatic rings. The summed E-state index contributed by atoms with van der Waals surface area (Å²) in [6, 6.07) is 0. The monoisotopic (exact) mass is 159 g/mol. The lowest BCUT2D eigenvalue weighted by molar-refractivity contribution is 0.234. The average molecular weight is 159 g/mol. The molecule has 1 rings (SSSR count). The molecular formula is C9H18FN. The number of alkyl halides is 1. The summed E-state index contributed by atoms with van der Waals surface area (Å²) in [6.45, 7) is 8.90. The predicted molar refractivity (Wildman–Crippen MR) is 45.3 cm³/mol. The fourth-order valence-corrected chi connectivity index (χ4v) is 1.76. The standard InChI is InChI=1S/C9H18FN/c1-4-11-5-8(7(2)3)9(10)6-11/h7-9H,4-6H2,1-3H3. The largest absolute Gasteiger partial charge is 0.300 e. The van der Waals surface area contributed by atoms with Crippen molar-refractivity contribution < 1.29 is 4.39 Å². The summed E-state index contributed by atoms with van der Waals surface area (Å²) < 4.78 is 13.2. The number of rotatable bonds is 2. The Labute approximate surface area is 68.6 Å². The highest BCUT2D eigenvalue weighted by atomic mass is 19.1. The lowest BCUT2D eigenvalue weighted by Crippen LogP contribution is -2.21. The molecule has 1 saturated heterocycles. The van der Waals surface area contributed by atoms with Crippen LogP contribution in [0, 0.1) is 11.8 Å². The molecule has 1 nitrogen and oxygen atoms in total. The Bertz CT molecular complexity index is 125. The summed E-state index contributed by atoms with van der Waals surface area (Å²) >= 11 is 0. The molecule has 1 heterocycles. The van der Waals surface area contributed by atoms with Crippen molar-refractivity contribution in [3.63, 3.8) is 0 Å². The van der Waals surface area contributed by atoms with Gasteiger partial charge >= 0.3 is 0 Å². The first-order valence-electron chi connectivity index (χ1n) is 4.51. The second-order valence-electron chi connectivity index (χ2n) is 3.78. The molecule has 0 bridgehead atoms. The van der Waals surface area contributed by atoms with Gasteiger partial charge in [-0.25, -0.2) is 4.39 Å². The minimum atomic E-state index is -0.588. The van der Waals surface area contributed by atoms with Crippen LogP contribution in [-0.4, -0.2) is 30.7 Å². The number of hydrogen-bond donors (Lipinski definition) is 0. The van der Waals surface area contributed by atoms with Gasteiger partial charge in [-0.15, -0.1) is 0 Å². The second kappa shape index (κ2) is 3.53. The van der Waals surface area contributed by atoms with E-state index in [0.717, 1.165) is 13.1 Å². The van der Waals surface area contributed by atoms with Crippen molar-refractivity contribution in [3.05, 3.63) is 0 Å². The van der Waals surface area contributed by atoms with Crippen molar-refractivity contribution in [1.82, 2.24) is 4.90 Å². The normalized spacial score (nSPS) is 33.5. The third-order valence-electron chi connectivity index (χ3n) is 2.67. The van der Waals surface area contributed by atoms with E-state index in [1.165, 1.54) is 0 Å². The maximum absolute atomic E-state index is 13.2. The van der Waals surface area contributed by atoms with Crippen molar-refractivity contribution in [2.24, 2.45) is 11.8 Å². The van der Waals surface area contributed by atoms with E-state index in [-0.39, 0.29) is 5.92 Å². The number of halogens is 1. The van der Waals surface area contributed by atoms with Crippen LogP contribution in [0.3, 0.4) is 0 Å². The van der Waals surface area contributed by atoms with E-state index in [1.807, 2.05) is 0 Å². The van der Waals surface area contributed by atoms with Crippen LogP contribution >= 0.6 is 0 Å². The van der Waals surface area contributed by atoms with E-state index < -0.39 is 6.17 Å². The third kappa shape index (κ3) is 1.92. The maximum Gasteiger partial charge on any atom is 0.117 e. The SMILES string of the molecule is CCN1CC(F)C(C(C)C)C1. The first kappa shape index (κ1) is 8.98. The van der Waals surface area contributed by atoms with Crippen molar-refractivity contribution in [2.75, 3.05) is 19.6 Å². The highest BCUT2D eigenvalue weighted by Crippen LogP contribution is 2.26. The predicted octanol–water partition coefficient (Wildman–Crippen LogP) is 1.93. The van der Waals surface area contributed by atoms with Crippen molar-refractivity contribution >= 4 is 0 Å². The molecule has 0 aromatic heterocycles. The first-order chi connectivity index (χ1) is 5.15.